The molecule has 1 aromatic heterocycles. The van der Waals surface area contributed by atoms with Crippen LogP contribution in [-0.4, -0.2) is 29.4 Å². The molecule has 0 saturated heterocycles. The molecule has 3 N–H and O–H groups in total. The number of nitrogens with two attached hydrogens (primary N) is 1. The zero-order valence-corrected chi connectivity index (χ0v) is 11.0. The van der Waals surface area contributed by atoms with Crippen LogP contribution in [0.1, 0.15) is 29.9 Å². The topological polar surface area (TPSA) is 73.1 Å². The van der Waals surface area contributed by atoms with Crippen molar-refractivity contribution < 1.29 is 17.9 Å². The quantitative estimate of drug-likeness (QED) is 0.491. The molecule has 0 amide bonds. The maximum absolute atomic E-state index is 11.9. The second kappa shape index (κ2) is 6.36. The molecule has 0 bridgehead atoms. The third-order valence-electron chi connectivity index (χ3n) is 3.10. The number of hydrazine groups is 1. The highest BCUT2D eigenvalue weighted by Gasteiger charge is 2.27. The predicted molar refractivity (Wildman–Crippen MR) is 67.1 cm³/mol. The fraction of sp³-hybridized carbons (Fsp3) is 0.667. The van der Waals surface area contributed by atoms with Crippen molar-refractivity contribution in [2.75, 3.05) is 18.6 Å². The number of hydrogen-bond donors (Lipinski definition) is 2. The van der Waals surface area contributed by atoms with Gasteiger partial charge < -0.3 is 10.2 Å². The van der Waals surface area contributed by atoms with E-state index in [0.717, 1.165) is 36.9 Å². The van der Waals surface area contributed by atoms with E-state index in [-0.39, 0.29) is 13.0 Å². The Hall–Kier alpha value is -1.41. The fourth-order valence-corrected chi connectivity index (χ4v) is 2.23. The summed E-state index contributed by atoms with van der Waals surface area (Å²) in [6.45, 7) is -1.32. The molecule has 2 rings (SSSR count). The van der Waals surface area contributed by atoms with Crippen LogP contribution in [0.15, 0.2) is 0 Å². The van der Waals surface area contributed by atoms with E-state index in [1.54, 1.807) is 0 Å². The van der Waals surface area contributed by atoms with E-state index in [4.69, 9.17) is 5.84 Å². The number of nitrogen functional groups attached to an aromatic ring is 1. The van der Waals surface area contributed by atoms with Crippen LogP contribution in [0.3, 0.4) is 0 Å². The van der Waals surface area contributed by atoms with Crippen LogP contribution in [-0.2, 0) is 24.0 Å². The lowest BCUT2D eigenvalue weighted by Gasteiger charge is -2.18. The highest BCUT2D eigenvalue weighted by atomic mass is 19.4. The lowest BCUT2D eigenvalue weighted by Crippen LogP contribution is -2.20. The number of alkyl halides is 3. The number of ether oxygens (including phenoxy) is 1. The van der Waals surface area contributed by atoms with Crippen molar-refractivity contribution in [1.29, 1.82) is 0 Å². The molecular formula is C12H17F3N4O. The summed E-state index contributed by atoms with van der Waals surface area (Å²) in [5.41, 5.74) is 4.49. The van der Waals surface area contributed by atoms with Gasteiger partial charge in [-0.3, -0.25) is 0 Å². The molecule has 1 heterocycles. The number of halogens is 3. The molecule has 112 valence electrons. The molecular weight excluding hydrogens is 273 g/mol. The summed E-state index contributed by atoms with van der Waals surface area (Å²) in [6, 6.07) is 0. The van der Waals surface area contributed by atoms with Crippen molar-refractivity contribution in [2.45, 2.75) is 38.3 Å². The second-order valence-corrected chi connectivity index (χ2v) is 4.68. The Morgan fingerprint density at radius 3 is 2.65 bits per heavy atom. The molecule has 0 saturated carbocycles. The van der Waals surface area contributed by atoms with Crippen LogP contribution >= 0.6 is 0 Å². The monoisotopic (exact) mass is 290 g/mol. The Balaban J connectivity index is 1.98. The summed E-state index contributed by atoms with van der Waals surface area (Å²) in [5.74, 6) is 6.46. The van der Waals surface area contributed by atoms with Crippen molar-refractivity contribution in [2.24, 2.45) is 5.84 Å². The largest absolute Gasteiger partial charge is 0.411 e. The van der Waals surface area contributed by atoms with Crippen LogP contribution in [0.2, 0.25) is 0 Å². The zero-order chi connectivity index (χ0) is 14.6. The molecule has 0 atom stereocenters. The summed E-state index contributed by atoms with van der Waals surface area (Å²) >= 11 is 0. The summed E-state index contributed by atoms with van der Waals surface area (Å²) < 4.78 is 40.4. The van der Waals surface area contributed by atoms with Crippen LogP contribution in [0.5, 0.6) is 0 Å². The van der Waals surface area contributed by atoms with E-state index in [2.05, 4.69) is 20.1 Å². The maximum Gasteiger partial charge on any atom is 0.411 e. The zero-order valence-electron chi connectivity index (χ0n) is 11.0. The van der Waals surface area contributed by atoms with Crippen molar-refractivity contribution in [3.05, 3.63) is 17.1 Å². The fourth-order valence-electron chi connectivity index (χ4n) is 2.23. The molecule has 0 unspecified atom stereocenters. The number of nitrogens with zero attached hydrogens (tertiary/aromatic N) is 2. The Bertz CT molecular complexity index is 448. The lowest BCUT2D eigenvalue weighted by atomic mass is 9.96. The SMILES string of the molecule is NNc1nc(CCOCC(F)(F)F)nc2c1CCCC2. The first-order chi connectivity index (χ1) is 9.49. The standard InChI is InChI=1S/C12H17F3N4O/c13-12(14,15)7-20-6-5-10-17-9-4-2-1-3-8(9)11(18-10)19-16/h1-7,16H2,(H,17,18,19). The lowest BCUT2D eigenvalue weighted by molar-refractivity contribution is -0.173. The van der Waals surface area contributed by atoms with E-state index in [1.807, 2.05) is 0 Å². The Kier molecular flexibility index (Phi) is 4.77. The van der Waals surface area contributed by atoms with Crippen molar-refractivity contribution >= 4 is 5.82 Å². The summed E-state index contributed by atoms with van der Waals surface area (Å²) in [6.07, 6.45) is -0.224. The summed E-state index contributed by atoms with van der Waals surface area (Å²) in [5, 5.41) is 0. The van der Waals surface area contributed by atoms with Crippen molar-refractivity contribution in [1.82, 2.24) is 9.97 Å². The van der Waals surface area contributed by atoms with E-state index in [9.17, 15) is 13.2 Å². The minimum atomic E-state index is -4.30. The van der Waals surface area contributed by atoms with E-state index in [0.29, 0.717) is 11.6 Å². The van der Waals surface area contributed by atoms with Crippen LogP contribution in [0.4, 0.5) is 19.0 Å². The number of aromatic nitrogens is 2. The van der Waals surface area contributed by atoms with Gasteiger partial charge in [-0.1, -0.05) is 0 Å². The van der Waals surface area contributed by atoms with E-state index < -0.39 is 12.8 Å². The molecule has 0 aromatic carbocycles. The highest BCUT2D eigenvalue weighted by molar-refractivity contribution is 5.46. The van der Waals surface area contributed by atoms with E-state index >= 15 is 0 Å². The van der Waals surface area contributed by atoms with Crippen molar-refractivity contribution in [3.63, 3.8) is 0 Å². The molecule has 5 nitrogen and oxygen atoms in total. The maximum atomic E-state index is 11.9. The number of hydrogen-bond acceptors (Lipinski definition) is 5. The van der Waals surface area contributed by atoms with Crippen LogP contribution < -0.4 is 11.3 Å². The third kappa shape index (κ3) is 4.04. The molecule has 1 aliphatic carbocycles. The number of nitrogens with one attached hydrogen (secondary N) is 1. The first-order valence-corrected chi connectivity index (χ1v) is 6.49. The minimum absolute atomic E-state index is 0.0672. The van der Waals surface area contributed by atoms with Gasteiger partial charge in [0.15, 0.2) is 0 Å². The Labute approximate surface area is 114 Å². The molecule has 0 spiro atoms. The molecule has 1 aromatic rings. The molecule has 0 radical (unpaired) electrons. The normalized spacial score (nSPS) is 15.0. The summed E-state index contributed by atoms with van der Waals surface area (Å²) in [7, 11) is 0. The van der Waals surface area contributed by atoms with Gasteiger partial charge in [0.2, 0.25) is 0 Å². The molecule has 0 fully saturated rings. The van der Waals surface area contributed by atoms with Gasteiger partial charge in [-0.15, -0.1) is 0 Å². The average molecular weight is 290 g/mol. The van der Waals surface area contributed by atoms with Gasteiger partial charge in [0, 0.05) is 17.7 Å². The molecule has 0 aliphatic heterocycles. The number of anilines is 1. The van der Waals surface area contributed by atoms with Gasteiger partial charge in [0.05, 0.1) is 6.61 Å². The van der Waals surface area contributed by atoms with E-state index in [1.165, 1.54) is 0 Å². The Morgan fingerprint density at radius 2 is 1.95 bits per heavy atom. The summed E-state index contributed by atoms with van der Waals surface area (Å²) in [4.78, 5) is 8.62. The highest BCUT2D eigenvalue weighted by Crippen LogP contribution is 2.25. The molecule has 1 aliphatic rings. The smallest absolute Gasteiger partial charge is 0.372 e. The predicted octanol–water partition coefficient (Wildman–Crippen LogP) is 1.76. The first kappa shape index (κ1) is 15.0. The number of aryl methyl sites for hydroxylation is 1. The number of fused-ring (bicyclic) bond motifs is 1. The van der Waals surface area contributed by atoms with Crippen molar-refractivity contribution in [3.8, 4) is 0 Å². The van der Waals surface area contributed by atoms with Gasteiger partial charge in [0.1, 0.15) is 18.2 Å². The van der Waals surface area contributed by atoms with Gasteiger partial charge in [-0.25, -0.2) is 15.8 Å². The Morgan fingerprint density at radius 1 is 1.20 bits per heavy atom. The van der Waals surface area contributed by atoms with Gasteiger partial charge in [-0.2, -0.15) is 13.2 Å². The van der Waals surface area contributed by atoms with Gasteiger partial charge >= 0.3 is 6.18 Å². The molecule has 8 heteroatoms. The van der Waals surface area contributed by atoms with Crippen LogP contribution in [0.25, 0.3) is 0 Å². The minimum Gasteiger partial charge on any atom is -0.372 e. The number of rotatable bonds is 5. The van der Waals surface area contributed by atoms with Gasteiger partial charge in [0.25, 0.3) is 0 Å². The first-order valence-electron chi connectivity index (χ1n) is 6.49. The van der Waals surface area contributed by atoms with Crippen LogP contribution in [0, 0.1) is 0 Å². The average Bonchev–Trinajstić information content (AvgIpc) is 2.41. The third-order valence-corrected chi connectivity index (χ3v) is 3.10. The second-order valence-electron chi connectivity index (χ2n) is 4.68. The van der Waals surface area contributed by atoms with Gasteiger partial charge in [-0.05, 0) is 25.7 Å². The molecule has 20 heavy (non-hydrogen) atoms.